The molecule has 2 N–H and O–H groups in total. The number of pyridine rings is 1. The molecule has 0 aliphatic carbocycles. The van der Waals surface area contributed by atoms with Crippen molar-refractivity contribution < 1.29 is 9.18 Å². The van der Waals surface area contributed by atoms with Crippen LogP contribution in [-0.4, -0.2) is 10.9 Å². The number of carbonyl (C=O) groups excluding carboxylic acids is 1. The smallest absolute Gasteiger partial charge is 0.274 e. The van der Waals surface area contributed by atoms with Gasteiger partial charge in [-0.25, -0.2) is 9.37 Å². The van der Waals surface area contributed by atoms with Gasteiger partial charge in [0, 0.05) is 5.69 Å². The van der Waals surface area contributed by atoms with Gasteiger partial charge in [0.2, 0.25) is 0 Å². The summed E-state index contributed by atoms with van der Waals surface area (Å²) in [6.07, 6.45) is 1.51. The van der Waals surface area contributed by atoms with Crippen molar-refractivity contribution in [3.05, 3.63) is 83.9 Å². The van der Waals surface area contributed by atoms with Crippen molar-refractivity contribution in [1.29, 1.82) is 5.26 Å². The van der Waals surface area contributed by atoms with E-state index < -0.39 is 11.7 Å². The Morgan fingerprint density at radius 1 is 1.00 bits per heavy atom. The van der Waals surface area contributed by atoms with Gasteiger partial charge in [-0.2, -0.15) is 5.26 Å². The highest BCUT2D eigenvalue weighted by molar-refractivity contribution is 6.03. The Balaban J connectivity index is 1.68. The zero-order valence-electron chi connectivity index (χ0n) is 13.0. The molecule has 0 saturated carbocycles. The molecule has 3 aromatic rings. The highest BCUT2D eigenvalue weighted by atomic mass is 19.1. The van der Waals surface area contributed by atoms with Crippen LogP contribution >= 0.6 is 0 Å². The number of para-hydroxylation sites is 1. The van der Waals surface area contributed by atoms with E-state index in [9.17, 15) is 9.18 Å². The second-order valence-electron chi connectivity index (χ2n) is 5.18. The largest absolute Gasteiger partial charge is 0.354 e. The van der Waals surface area contributed by atoms with E-state index in [2.05, 4.69) is 21.7 Å². The number of halogens is 1. The number of carbonyl (C=O) groups is 1. The van der Waals surface area contributed by atoms with E-state index in [-0.39, 0.29) is 11.4 Å². The van der Waals surface area contributed by atoms with Crippen molar-refractivity contribution in [2.24, 2.45) is 0 Å². The minimum absolute atomic E-state index is 0.106. The Kier molecular flexibility index (Phi) is 4.67. The van der Waals surface area contributed by atoms with E-state index in [4.69, 9.17) is 5.26 Å². The summed E-state index contributed by atoms with van der Waals surface area (Å²) in [7, 11) is 0. The molecule has 0 radical (unpaired) electrons. The maximum Gasteiger partial charge on any atom is 0.274 e. The molecule has 122 valence electrons. The van der Waals surface area contributed by atoms with Gasteiger partial charge in [0.1, 0.15) is 11.5 Å². The van der Waals surface area contributed by atoms with Crippen molar-refractivity contribution in [1.82, 2.24) is 4.98 Å². The first-order chi connectivity index (χ1) is 12.2. The molecule has 25 heavy (non-hydrogen) atoms. The molecule has 6 heteroatoms. The number of amides is 1. The van der Waals surface area contributed by atoms with Crippen LogP contribution < -0.4 is 10.6 Å². The summed E-state index contributed by atoms with van der Waals surface area (Å²) in [5.74, 6) is -0.995. The molecule has 1 heterocycles. The number of benzene rings is 2. The van der Waals surface area contributed by atoms with Crippen molar-refractivity contribution >= 4 is 23.0 Å². The predicted octanol–water partition coefficient (Wildman–Crippen LogP) is 4.09. The first kappa shape index (κ1) is 16.1. The number of hydrogen-bond donors (Lipinski definition) is 2. The standard InChI is InChI=1S/C19H13FN4O/c20-16-3-1-2-4-17(16)24-19(25)18-10-9-15(12-22-18)23-14-7-5-13(11-21)6-8-14/h1-10,12,23H,(H,24,25). The summed E-state index contributed by atoms with van der Waals surface area (Å²) in [6, 6.07) is 18.2. The van der Waals surface area contributed by atoms with Gasteiger partial charge >= 0.3 is 0 Å². The monoisotopic (exact) mass is 332 g/mol. The van der Waals surface area contributed by atoms with Gasteiger partial charge in [0.25, 0.3) is 5.91 Å². The molecule has 1 aromatic heterocycles. The predicted molar refractivity (Wildman–Crippen MR) is 93.0 cm³/mol. The van der Waals surface area contributed by atoms with Gasteiger partial charge in [0.15, 0.2) is 0 Å². The second-order valence-corrected chi connectivity index (χ2v) is 5.18. The molecule has 2 aromatic carbocycles. The first-order valence-electron chi connectivity index (χ1n) is 7.45. The lowest BCUT2D eigenvalue weighted by molar-refractivity contribution is 0.102. The molecule has 0 fully saturated rings. The number of anilines is 3. The van der Waals surface area contributed by atoms with Gasteiger partial charge < -0.3 is 10.6 Å². The minimum atomic E-state index is -0.505. The molecule has 0 bridgehead atoms. The Morgan fingerprint density at radius 3 is 2.36 bits per heavy atom. The Hall–Kier alpha value is -3.72. The van der Waals surface area contributed by atoms with Gasteiger partial charge in [-0.3, -0.25) is 4.79 Å². The molecule has 5 nitrogen and oxygen atoms in total. The SMILES string of the molecule is N#Cc1ccc(Nc2ccc(C(=O)Nc3ccccc3F)nc2)cc1. The van der Waals surface area contributed by atoms with Crippen molar-refractivity contribution in [2.45, 2.75) is 0 Å². The molecule has 0 aliphatic rings. The zero-order valence-corrected chi connectivity index (χ0v) is 13.0. The quantitative estimate of drug-likeness (QED) is 0.754. The van der Waals surface area contributed by atoms with E-state index >= 15 is 0 Å². The number of hydrogen-bond acceptors (Lipinski definition) is 4. The fourth-order valence-electron chi connectivity index (χ4n) is 2.15. The molecular weight excluding hydrogens is 319 g/mol. The fraction of sp³-hybridized carbons (Fsp3) is 0. The average Bonchev–Trinajstić information content (AvgIpc) is 2.65. The summed E-state index contributed by atoms with van der Waals surface area (Å²) in [5.41, 5.74) is 2.34. The third-order valence-corrected chi connectivity index (χ3v) is 3.42. The molecule has 1 amide bonds. The van der Waals surface area contributed by atoms with Gasteiger partial charge in [0.05, 0.1) is 29.2 Å². The third-order valence-electron chi connectivity index (χ3n) is 3.42. The number of nitrogens with zero attached hydrogens (tertiary/aromatic N) is 2. The highest BCUT2D eigenvalue weighted by Crippen LogP contribution is 2.17. The average molecular weight is 332 g/mol. The number of rotatable bonds is 4. The summed E-state index contributed by atoms with van der Waals surface area (Å²) in [4.78, 5) is 16.2. The van der Waals surface area contributed by atoms with Gasteiger partial charge in [-0.1, -0.05) is 12.1 Å². The van der Waals surface area contributed by atoms with E-state index in [0.717, 1.165) is 5.69 Å². The van der Waals surface area contributed by atoms with Crippen LogP contribution in [0.1, 0.15) is 16.1 Å². The topological polar surface area (TPSA) is 77.8 Å². The maximum atomic E-state index is 13.6. The van der Waals surface area contributed by atoms with Crippen LogP contribution in [0.4, 0.5) is 21.5 Å². The molecule has 0 spiro atoms. The maximum absolute atomic E-state index is 13.6. The Bertz CT molecular complexity index is 931. The molecule has 0 unspecified atom stereocenters. The van der Waals surface area contributed by atoms with E-state index in [0.29, 0.717) is 11.3 Å². The van der Waals surface area contributed by atoms with E-state index in [1.807, 2.05) is 0 Å². The minimum Gasteiger partial charge on any atom is -0.354 e. The normalized spacial score (nSPS) is 9.92. The molecular formula is C19H13FN4O. The van der Waals surface area contributed by atoms with Crippen LogP contribution in [0, 0.1) is 17.1 Å². The number of nitrogens with one attached hydrogen (secondary N) is 2. The Morgan fingerprint density at radius 2 is 1.72 bits per heavy atom. The molecule has 0 saturated heterocycles. The summed E-state index contributed by atoms with van der Waals surface area (Å²) in [6.45, 7) is 0. The van der Waals surface area contributed by atoms with Crippen LogP contribution in [0.2, 0.25) is 0 Å². The second kappa shape index (κ2) is 7.23. The van der Waals surface area contributed by atoms with Gasteiger partial charge in [-0.15, -0.1) is 0 Å². The number of aromatic nitrogens is 1. The van der Waals surface area contributed by atoms with Crippen LogP contribution in [0.25, 0.3) is 0 Å². The number of nitriles is 1. The molecule has 0 aliphatic heterocycles. The van der Waals surface area contributed by atoms with Crippen molar-refractivity contribution in [3.8, 4) is 6.07 Å². The Labute approximate surface area is 143 Å². The van der Waals surface area contributed by atoms with Crippen LogP contribution in [0.15, 0.2) is 66.9 Å². The lowest BCUT2D eigenvalue weighted by Gasteiger charge is -2.08. The lowest BCUT2D eigenvalue weighted by Crippen LogP contribution is -2.14. The van der Waals surface area contributed by atoms with Crippen LogP contribution in [0.5, 0.6) is 0 Å². The van der Waals surface area contributed by atoms with Crippen molar-refractivity contribution in [2.75, 3.05) is 10.6 Å². The van der Waals surface area contributed by atoms with Crippen LogP contribution in [-0.2, 0) is 0 Å². The highest BCUT2D eigenvalue weighted by Gasteiger charge is 2.10. The van der Waals surface area contributed by atoms with Gasteiger partial charge in [-0.05, 0) is 48.5 Å². The van der Waals surface area contributed by atoms with Crippen molar-refractivity contribution in [3.63, 3.8) is 0 Å². The lowest BCUT2D eigenvalue weighted by atomic mass is 10.2. The third kappa shape index (κ3) is 3.98. The van der Waals surface area contributed by atoms with E-state index in [1.54, 1.807) is 48.5 Å². The first-order valence-corrected chi connectivity index (χ1v) is 7.45. The summed E-state index contributed by atoms with van der Waals surface area (Å²) < 4.78 is 13.6. The summed E-state index contributed by atoms with van der Waals surface area (Å²) in [5, 5.41) is 14.4. The summed E-state index contributed by atoms with van der Waals surface area (Å²) >= 11 is 0. The zero-order chi connectivity index (χ0) is 17.6. The fourth-order valence-corrected chi connectivity index (χ4v) is 2.15. The van der Waals surface area contributed by atoms with E-state index in [1.165, 1.54) is 18.3 Å². The van der Waals surface area contributed by atoms with Crippen LogP contribution in [0.3, 0.4) is 0 Å². The molecule has 0 atom stereocenters. The molecule has 3 rings (SSSR count).